The van der Waals surface area contributed by atoms with Crippen LogP contribution >= 0.6 is 0 Å². The quantitative estimate of drug-likeness (QED) is 0.818. The number of aryl methyl sites for hydroxylation is 1. The summed E-state index contributed by atoms with van der Waals surface area (Å²) in [4.78, 5) is 6.70. The van der Waals surface area contributed by atoms with Gasteiger partial charge < -0.3 is 14.8 Å². The van der Waals surface area contributed by atoms with Gasteiger partial charge in [-0.1, -0.05) is 13.0 Å². The summed E-state index contributed by atoms with van der Waals surface area (Å²) in [7, 11) is 3.62. The molecule has 7 heteroatoms. The summed E-state index contributed by atoms with van der Waals surface area (Å²) in [5, 5.41) is 7.84. The van der Waals surface area contributed by atoms with Gasteiger partial charge in [-0.05, 0) is 18.2 Å². The SMILES string of the molecule is CCN1CCO[C@@H](CNCc2ccc(OC)nc2)[C@@H]1c1ccnn1C. The molecule has 0 aromatic carbocycles. The third kappa shape index (κ3) is 4.18. The zero-order valence-corrected chi connectivity index (χ0v) is 15.2. The van der Waals surface area contributed by atoms with E-state index in [2.05, 4.69) is 33.3 Å². The van der Waals surface area contributed by atoms with Gasteiger partial charge in [-0.15, -0.1) is 0 Å². The highest BCUT2D eigenvalue weighted by Gasteiger charge is 2.34. The minimum Gasteiger partial charge on any atom is -0.481 e. The second-order valence-corrected chi connectivity index (χ2v) is 6.20. The maximum atomic E-state index is 6.10. The number of aromatic nitrogens is 3. The molecule has 0 spiro atoms. The van der Waals surface area contributed by atoms with E-state index in [-0.39, 0.29) is 12.1 Å². The molecular formula is C18H27N5O2. The Morgan fingerprint density at radius 3 is 2.88 bits per heavy atom. The van der Waals surface area contributed by atoms with Crippen molar-refractivity contribution in [3.8, 4) is 5.88 Å². The molecule has 0 aliphatic carbocycles. The van der Waals surface area contributed by atoms with Crippen molar-refractivity contribution in [2.24, 2.45) is 7.05 Å². The summed E-state index contributed by atoms with van der Waals surface area (Å²) in [5.41, 5.74) is 2.32. The third-order valence-electron chi connectivity index (χ3n) is 4.71. The summed E-state index contributed by atoms with van der Waals surface area (Å²) in [6.45, 7) is 6.43. The maximum absolute atomic E-state index is 6.10. The normalized spacial score (nSPS) is 21.4. The van der Waals surface area contributed by atoms with Gasteiger partial charge in [0.1, 0.15) is 0 Å². The molecule has 2 aromatic rings. The Labute approximate surface area is 148 Å². The molecule has 1 fully saturated rings. The van der Waals surface area contributed by atoms with Crippen LogP contribution in [0.25, 0.3) is 0 Å². The van der Waals surface area contributed by atoms with E-state index in [1.165, 1.54) is 5.69 Å². The molecule has 25 heavy (non-hydrogen) atoms. The molecule has 0 amide bonds. The van der Waals surface area contributed by atoms with Gasteiger partial charge >= 0.3 is 0 Å². The Bertz CT molecular complexity index is 658. The van der Waals surface area contributed by atoms with Crippen molar-refractivity contribution in [1.82, 2.24) is 25.0 Å². The van der Waals surface area contributed by atoms with Crippen LogP contribution in [0.1, 0.15) is 24.2 Å². The molecule has 3 rings (SSSR count). The Morgan fingerprint density at radius 2 is 2.24 bits per heavy atom. The average molecular weight is 345 g/mol. The van der Waals surface area contributed by atoms with Gasteiger partial charge in [0.2, 0.25) is 5.88 Å². The number of nitrogens with one attached hydrogen (secondary N) is 1. The first-order chi connectivity index (χ1) is 12.2. The standard InChI is InChI=1S/C18H27N5O2/c1-4-23-9-10-25-16(18(23)15-7-8-21-22(15)2)13-19-11-14-5-6-17(24-3)20-12-14/h5-8,12,16,18-19H,4,9-11,13H2,1-3H3/t16-,18-/m0/s1. The van der Waals surface area contributed by atoms with E-state index in [4.69, 9.17) is 9.47 Å². The number of hydrogen-bond donors (Lipinski definition) is 1. The second kappa shape index (κ2) is 8.42. The van der Waals surface area contributed by atoms with Gasteiger partial charge in [-0.2, -0.15) is 5.10 Å². The molecule has 0 bridgehead atoms. The van der Waals surface area contributed by atoms with Gasteiger partial charge in [0.15, 0.2) is 0 Å². The number of morpholine rings is 1. The fourth-order valence-corrected chi connectivity index (χ4v) is 3.36. The van der Waals surface area contributed by atoms with Crippen LogP contribution in [-0.4, -0.2) is 59.1 Å². The van der Waals surface area contributed by atoms with Crippen LogP contribution in [0.5, 0.6) is 5.88 Å². The maximum Gasteiger partial charge on any atom is 0.212 e. The Morgan fingerprint density at radius 1 is 1.36 bits per heavy atom. The zero-order valence-electron chi connectivity index (χ0n) is 15.2. The molecule has 7 nitrogen and oxygen atoms in total. The lowest BCUT2D eigenvalue weighted by atomic mass is 10.0. The summed E-state index contributed by atoms with van der Waals surface area (Å²) in [5.74, 6) is 0.634. The average Bonchev–Trinajstić information content (AvgIpc) is 3.07. The number of nitrogens with zero attached hydrogens (tertiary/aromatic N) is 4. The molecule has 0 radical (unpaired) electrons. The van der Waals surface area contributed by atoms with Crippen molar-refractivity contribution >= 4 is 0 Å². The predicted octanol–water partition coefficient (Wildman–Crippen LogP) is 1.38. The van der Waals surface area contributed by atoms with Gasteiger partial charge in [-0.3, -0.25) is 9.58 Å². The van der Waals surface area contributed by atoms with Crippen molar-refractivity contribution in [3.63, 3.8) is 0 Å². The van der Waals surface area contributed by atoms with Gasteiger partial charge in [-0.25, -0.2) is 4.98 Å². The lowest BCUT2D eigenvalue weighted by Crippen LogP contribution is -2.49. The first kappa shape index (κ1) is 17.8. The molecule has 3 heterocycles. The van der Waals surface area contributed by atoms with Crippen molar-refractivity contribution in [2.75, 3.05) is 33.4 Å². The van der Waals surface area contributed by atoms with E-state index in [0.29, 0.717) is 5.88 Å². The molecule has 136 valence electrons. The highest BCUT2D eigenvalue weighted by atomic mass is 16.5. The van der Waals surface area contributed by atoms with Gasteiger partial charge in [0.05, 0.1) is 31.6 Å². The van der Waals surface area contributed by atoms with E-state index in [9.17, 15) is 0 Å². The van der Waals surface area contributed by atoms with E-state index < -0.39 is 0 Å². The van der Waals surface area contributed by atoms with Crippen molar-refractivity contribution < 1.29 is 9.47 Å². The first-order valence-electron chi connectivity index (χ1n) is 8.76. The largest absolute Gasteiger partial charge is 0.481 e. The Balaban J connectivity index is 1.63. The highest BCUT2D eigenvalue weighted by Crippen LogP contribution is 2.28. The van der Waals surface area contributed by atoms with Crippen molar-refractivity contribution in [2.45, 2.75) is 25.6 Å². The monoisotopic (exact) mass is 345 g/mol. The lowest BCUT2D eigenvalue weighted by Gasteiger charge is -2.40. The van der Waals surface area contributed by atoms with Crippen molar-refractivity contribution in [3.05, 3.63) is 41.9 Å². The van der Waals surface area contributed by atoms with Crippen LogP contribution in [0.15, 0.2) is 30.6 Å². The Kier molecular flexibility index (Phi) is 6.01. The highest BCUT2D eigenvalue weighted by molar-refractivity contribution is 5.17. The van der Waals surface area contributed by atoms with Crippen LogP contribution in [-0.2, 0) is 18.3 Å². The predicted molar refractivity (Wildman–Crippen MR) is 95.4 cm³/mol. The van der Waals surface area contributed by atoms with E-state index in [1.54, 1.807) is 7.11 Å². The van der Waals surface area contributed by atoms with E-state index in [0.717, 1.165) is 38.3 Å². The fourth-order valence-electron chi connectivity index (χ4n) is 3.36. The molecule has 0 unspecified atom stereocenters. The third-order valence-corrected chi connectivity index (χ3v) is 4.71. The topological polar surface area (TPSA) is 64.4 Å². The number of rotatable bonds is 7. The van der Waals surface area contributed by atoms with Crippen LogP contribution < -0.4 is 10.1 Å². The molecule has 1 N–H and O–H groups in total. The number of ether oxygens (including phenoxy) is 2. The lowest BCUT2D eigenvalue weighted by molar-refractivity contribution is -0.0718. The summed E-state index contributed by atoms with van der Waals surface area (Å²) < 4.78 is 13.1. The summed E-state index contributed by atoms with van der Waals surface area (Å²) in [6.07, 6.45) is 3.78. The van der Waals surface area contributed by atoms with E-state index >= 15 is 0 Å². The van der Waals surface area contributed by atoms with Gasteiger partial charge in [0.25, 0.3) is 0 Å². The van der Waals surface area contributed by atoms with Crippen LogP contribution in [0.2, 0.25) is 0 Å². The number of pyridine rings is 1. The van der Waals surface area contributed by atoms with E-state index in [1.807, 2.05) is 36.3 Å². The Hall–Kier alpha value is -1.96. The molecule has 1 saturated heterocycles. The molecule has 1 aliphatic rings. The summed E-state index contributed by atoms with van der Waals surface area (Å²) >= 11 is 0. The number of hydrogen-bond acceptors (Lipinski definition) is 6. The first-order valence-corrected chi connectivity index (χ1v) is 8.76. The second-order valence-electron chi connectivity index (χ2n) is 6.20. The van der Waals surface area contributed by atoms with Crippen LogP contribution in [0.4, 0.5) is 0 Å². The van der Waals surface area contributed by atoms with Crippen LogP contribution in [0, 0.1) is 0 Å². The summed E-state index contributed by atoms with van der Waals surface area (Å²) in [6, 6.07) is 6.21. The smallest absolute Gasteiger partial charge is 0.212 e. The minimum atomic E-state index is 0.0929. The molecule has 2 aromatic heterocycles. The molecular weight excluding hydrogens is 318 g/mol. The molecule has 1 aliphatic heterocycles. The molecule has 0 saturated carbocycles. The number of methoxy groups -OCH3 is 1. The van der Waals surface area contributed by atoms with Gasteiger partial charge in [0, 0.05) is 45.1 Å². The molecule has 2 atom stereocenters. The zero-order chi connectivity index (χ0) is 17.6. The van der Waals surface area contributed by atoms with Crippen molar-refractivity contribution in [1.29, 1.82) is 0 Å². The van der Waals surface area contributed by atoms with Crippen LogP contribution in [0.3, 0.4) is 0 Å². The fraction of sp³-hybridized carbons (Fsp3) is 0.556. The minimum absolute atomic E-state index is 0.0929. The number of likely N-dealkylation sites (N-methyl/N-ethyl adjacent to an activating group) is 1.